The van der Waals surface area contributed by atoms with E-state index < -0.39 is 18.5 Å². The van der Waals surface area contributed by atoms with Crippen molar-refractivity contribution in [3.8, 4) is 5.75 Å². The highest BCUT2D eigenvalue weighted by molar-refractivity contribution is 5.98. The Morgan fingerprint density at radius 2 is 1.75 bits per heavy atom. The zero-order chi connectivity index (χ0) is 17.5. The minimum atomic E-state index is -0.722. The van der Waals surface area contributed by atoms with Crippen LogP contribution in [0.25, 0.3) is 0 Å². The zero-order valence-electron chi connectivity index (χ0n) is 12.9. The van der Waals surface area contributed by atoms with Gasteiger partial charge in [0.1, 0.15) is 5.75 Å². The monoisotopic (exact) mass is 328 g/mol. The molecule has 124 valence electrons. The molecule has 2 aromatic carbocycles. The number of phenolic OH excluding ortho intramolecular Hbond substituents is 1. The Hall–Kier alpha value is -3.35. The minimum absolute atomic E-state index is 0.0695. The number of aromatic hydroxyl groups is 1. The number of rotatable bonds is 5. The summed E-state index contributed by atoms with van der Waals surface area (Å²) in [6.45, 7) is -0.487. The summed E-state index contributed by atoms with van der Waals surface area (Å²) in [5.74, 6) is -1.61. The Bertz CT molecular complexity index is 773. The van der Waals surface area contributed by atoms with Crippen LogP contribution in [0.1, 0.15) is 20.7 Å². The van der Waals surface area contributed by atoms with E-state index in [0.717, 1.165) is 0 Å². The van der Waals surface area contributed by atoms with Crippen LogP contribution in [0.3, 0.4) is 0 Å². The van der Waals surface area contributed by atoms with Gasteiger partial charge in [-0.3, -0.25) is 9.59 Å². The number of ether oxygens (including phenoxy) is 1. The van der Waals surface area contributed by atoms with Crippen LogP contribution in [0.5, 0.6) is 5.75 Å². The number of carbonyl (C=O) groups is 3. The van der Waals surface area contributed by atoms with Crippen molar-refractivity contribution in [2.24, 2.45) is 0 Å². The smallest absolute Gasteiger partial charge is 0.338 e. The van der Waals surface area contributed by atoms with E-state index in [9.17, 15) is 19.5 Å². The van der Waals surface area contributed by atoms with Crippen LogP contribution in [0, 0.1) is 0 Å². The van der Waals surface area contributed by atoms with E-state index in [-0.39, 0.29) is 17.2 Å². The molecular weight excluding hydrogens is 312 g/mol. The number of nitrogens with one attached hydrogen (secondary N) is 2. The SMILES string of the molecule is CNC(=O)c1cccc(NC(=O)COC(=O)c2cccc(O)c2)c1. The maximum Gasteiger partial charge on any atom is 0.338 e. The van der Waals surface area contributed by atoms with Crippen LogP contribution in [-0.2, 0) is 9.53 Å². The van der Waals surface area contributed by atoms with Gasteiger partial charge in [-0.2, -0.15) is 0 Å². The largest absolute Gasteiger partial charge is 0.508 e. The fourth-order valence-electron chi connectivity index (χ4n) is 1.93. The number of carbonyl (C=O) groups excluding carboxylic acids is 3. The Kier molecular flexibility index (Phi) is 5.51. The number of anilines is 1. The van der Waals surface area contributed by atoms with E-state index in [1.54, 1.807) is 18.2 Å². The Labute approximate surface area is 138 Å². The molecule has 0 atom stereocenters. The van der Waals surface area contributed by atoms with Crippen molar-refractivity contribution in [3.63, 3.8) is 0 Å². The second kappa shape index (κ2) is 7.77. The predicted octanol–water partition coefficient (Wildman–Crippen LogP) is 1.55. The molecule has 2 amide bonds. The molecule has 0 unspecified atom stereocenters. The van der Waals surface area contributed by atoms with Crippen molar-refractivity contribution < 1.29 is 24.2 Å². The maximum absolute atomic E-state index is 11.8. The molecule has 7 nitrogen and oxygen atoms in total. The summed E-state index contributed by atoms with van der Waals surface area (Å²) in [6.07, 6.45) is 0. The summed E-state index contributed by atoms with van der Waals surface area (Å²) >= 11 is 0. The van der Waals surface area contributed by atoms with E-state index in [1.807, 2.05) is 0 Å². The van der Waals surface area contributed by atoms with Crippen LogP contribution >= 0.6 is 0 Å². The van der Waals surface area contributed by atoms with Crippen molar-refractivity contribution in [2.75, 3.05) is 19.0 Å². The van der Waals surface area contributed by atoms with Gasteiger partial charge >= 0.3 is 5.97 Å². The van der Waals surface area contributed by atoms with Crippen LogP contribution in [0.2, 0.25) is 0 Å². The third kappa shape index (κ3) is 4.57. The van der Waals surface area contributed by atoms with Gasteiger partial charge in [0.2, 0.25) is 0 Å². The molecule has 2 aromatic rings. The van der Waals surface area contributed by atoms with Crippen molar-refractivity contribution in [1.29, 1.82) is 0 Å². The number of hydrogen-bond acceptors (Lipinski definition) is 5. The van der Waals surface area contributed by atoms with Crippen LogP contribution < -0.4 is 10.6 Å². The third-order valence-electron chi connectivity index (χ3n) is 3.05. The average molecular weight is 328 g/mol. The molecule has 0 saturated carbocycles. The summed E-state index contributed by atoms with van der Waals surface area (Å²) in [5.41, 5.74) is 0.950. The van der Waals surface area contributed by atoms with E-state index >= 15 is 0 Å². The van der Waals surface area contributed by atoms with Gasteiger partial charge in [0.25, 0.3) is 11.8 Å². The second-order valence-corrected chi connectivity index (χ2v) is 4.83. The average Bonchev–Trinajstić information content (AvgIpc) is 2.59. The molecular formula is C17H16N2O5. The first-order chi connectivity index (χ1) is 11.5. The van der Waals surface area contributed by atoms with Gasteiger partial charge < -0.3 is 20.5 Å². The lowest BCUT2D eigenvalue weighted by atomic mass is 10.2. The summed E-state index contributed by atoms with van der Waals surface area (Å²) in [6, 6.07) is 12.0. The van der Waals surface area contributed by atoms with E-state index in [2.05, 4.69) is 10.6 Å². The van der Waals surface area contributed by atoms with Gasteiger partial charge in [0.05, 0.1) is 5.56 Å². The lowest BCUT2D eigenvalue weighted by Gasteiger charge is -2.08. The molecule has 0 heterocycles. The minimum Gasteiger partial charge on any atom is -0.508 e. The number of benzene rings is 2. The summed E-state index contributed by atoms with van der Waals surface area (Å²) in [4.78, 5) is 35.1. The highest BCUT2D eigenvalue weighted by atomic mass is 16.5. The summed E-state index contributed by atoms with van der Waals surface area (Å²) < 4.78 is 4.87. The Balaban J connectivity index is 1.92. The number of phenols is 1. The Morgan fingerprint density at radius 3 is 2.46 bits per heavy atom. The maximum atomic E-state index is 11.8. The molecule has 0 saturated heterocycles. The Morgan fingerprint density at radius 1 is 1.04 bits per heavy atom. The summed E-state index contributed by atoms with van der Waals surface area (Å²) in [7, 11) is 1.51. The number of esters is 1. The quantitative estimate of drug-likeness (QED) is 0.722. The number of hydrogen-bond donors (Lipinski definition) is 3. The molecule has 3 N–H and O–H groups in total. The fourth-order valence-corrected chi connectivity index (χ4v) is 1.93. The molecule has 0 aliphatic carbocycles. The molecule has 0 radical (unpaired) electrons. The topological polar surface area (TPSA) is 105 Å². The lowest BCUT2D eigenvalue weighted by molar-refractivity contribution is -0.119. The first-order valence-corrected chi connectivity index (χ1v) is 7.08. The van der Waals surface area contributed by atoms with Crippen LogP contribution in [0.4, 0.5) is 5.69 Å². The molecule has 0 aliphatic heterocycles. The fraction of sp³-hybridized carbons (Fsp3) is 0.118. The summed E-state index contributed by atoms with van der Waals surface area (Å²) in [5, 5.41) is 14.3. The lowest BCUT2D eigenvalue weighted by Crippen LogP contribution is -2.22. The highest BCUT2D eigenvalue weighted by Gasteiger charge is 2.11. The van der Waals surface area contributed by atoms with Crippen LogP contribution in [0.15, 0.2) is 48.5 Å². The highest BCUT2D eigenvalue weighted by Crippen LogP contribution is 2.13. The molecule has 0 spiro atoms. The van der Waals surface area contributed by atoms with Crippen molar-refractivity contribution in [1.82, 2.24) is 5.32 Å². The van der Waals surface area contributed by atoms with Gasteiger partial charge in [-0.25, -0.2) is 4.79 Å². The first-order valence-electron chi connectivity index (χ1n) is 7.08. The van der Waals surface area contributed by atoms with Crippen molar-refractivity contribution in [3.05, 3.63) is 59.7 Å². The standard InChI is InChI=1S/C17H16N2O5/c1-18-16(22)11-4-2-6-13(8-11)19-15(21)10-24-17(23)12-5-3-7-14(20)9-12/h2-9,20H,10H2,1H3,(H,18,22)(H,19,21). The molecule has 2 rings (SSSR count). The van der Waals surface area contributed by atoms with Gasteiger partial charge in [0, 0.05) is 18.3 Å². The molecule has 0 aliphatic rings. The zero-order valence-corrected chi connectivity index (χ0v) is 12.9. The normalized spacial score (nSPS) is 9.88. The molecule has 24 heavy (non-hydrogen) atoms. The van der Waals surface area contributed by atoms with Gasteiger partial charge in [-0.1, -0.05) is 12.1 Å². The van der Waals surface area contributed by atoms with Gasteiger partial charge in [-0.15, -0.1) is 0 Å². The molecule has 0 bridgehead atoms. The van der Waals surface area contributed by atoms with E-state index in [0.29, 0.717) is 11.3 Å². The third-order valence-corrected chi connectivity index (χ3v) is 3.05. The first kappa shape index (κ1) is 17.0. The molecule has 0 fully saturated rings. The molecule has 0 aromatic heterocycles. The van der Waals surface area contributed by atoms with E-state index in [1.165, 1.54) is 37.4 Å². The number of amides is 2. The van der Waals surface area contributed by atoms with Gasteiger partial charge in [0.15, 0.2) is 6.61 Å². The van der Waals surface area contributed by atoms with Crippen molar-refractivity contribution in [2.45, 2.75) is 0 Å². The van der Waals surface area contributed by atoms with Gasteiger partial charge in [-0.05, 0) is 36.4 Å². The van der Waals surface area contributed by atoms with E-state index in [4.69, 9.17) is 4.74 Å². The second-order valence-electron chi connectivity index (χ2n) is 4.83. The van der Waals surface area contributed by atoms with Crippen molar-refractivity contribution >= 4 is 23.5 Å². The molecule has 7 heteroatoms. The predicted molar refractivity (Wildman–Crippen MR) is 86.9 cm³/mol. The van der Waals surface area contributed by atoms with Crippen LogP contribution in [-0.4, -0.2) is 36.5 Å².